The number of hydrogen-bond acceptors (Lipinski definition) is 2. The molecule has 0 N–H and O–H groups in total. The number of rotatable bonds is 1. The van der Waals surface area contributed by atoms with Crippen molar-refractivity contribution in [3.05, 3.63) is 0 Å². The van der Waals surface area contributed by atoms with E-state index in [4.69, 9.17) is 11.6 Å². The molecule has 0 heterocycles. The number of ketones is 2. The highest BCUT2D eigenvalue weighted by Crippen LogP contribution is 2.69. The van der Waals surface area contributed by atoms with Crippen LogP contribution in [0.1, 0.15) is 78.6 Å². The molecule has 134 valence electrons. The molecule has 0 spiro atoms. The molecule has 2 nitrogen and oxygen atoms in total. The van der Waals surface area contributed by atoms with E-state index in [1.165, 1.54) is 19.3 Å². The number of halogens is 1. The summed E-state index contributed by atoms with van der Waals surface area (Å²) in [6, 6.07) is 0. The van der Waals surface area contributed by atoms with E-state index in [2.05, 4.69) is 13.8 Å². The quantitative estimate of drug-likeness (QED) is 0.612. The molecule has 7 atom stereocenters. The summed E-state index contributed by atoms with van der Waals surface area (Å²) in [6.07, 6.45) is 9.05. The second kappa shape index (κ2) is 5.32. The molecule has 4 saturated carbocycles. The molecule has 0 aliphatic heterocycles. The zero-order valence-electron chi connectivity index (χ0n) is 15.4. The highest BCUT2D eigenvalue weighted by atomic mass is 35.5. The van der Waals surface area contributed by atoms with Crippen LogP contribution in [-0.2, 0) is 9.59 Å². The highest BCUT2D eigenvalue weighted by molar-refractivity contribution is 6.26. The zero-order chi connectivity index (χ0) is 17.3. The Hall–Kier alpha value is -0.370. The summed E-state index contributed by atoms with van der Waals surface area (Å²) in [5, 5.41) is 0. The van der Waals surface area contributed by atoms with E-state index in [1.807, 2.05) is 0 Å². The van der Waals surface area contributed by atoms with Crippen molar-refractivity contribution >= 4 is 23.2 Å². The van der Waals surface area contributed by atoms with Crippen molar-refractivity contribution in [1.29, 1.82) is 0 Å². The van der Waals surface area contributed by atoms with Gasteiger partial charge in [-0.2, -0.15) is 0 Å². The predicted octanol–water partition coefficient (Wildman–Crippen LogP) is 5.16. The van der Waals surface area contributed by atoms with Crippen molar-refractivity contribution < 1.29 is 9.59 Å². The molecule has 0 amide bonds. The molecule has 4 fully saturated rings. The van der Waals surface area contributed by atoms with Gasteiger partial charge in [-0.25, -0.2) is 0 Å². The minimum absolute atomic E-state index is 0.0982. The normalized spacial score (nSPS) is 53.9. The molecule has 0 aromatic rings. The Morgan fingerprint density at radius 2 is 1.79 bits per heavy atom. The van der Waals surface area contributed by atoms with Crippen LogP contribution in [0.5, 0.6) is 0 Å². The molecule has 24 heavy (non-hydrogen) atoms. The third-order valence-corrected chi connectivity index (χ3v) is 9.80. The number of carbonyl (C=O) groups is 2. The average molecular weight is 351 g/mol. The topological polar surface area (TPSA) is 34.1 Å². The molecule has 0 saturated heterocycles. The van der Waals surface area contributed by atoms with Crippen LogP contribution < -0.4 is 0 Å². The highest BCUT2D eigenvalue weighted by Gasteiger charge is 2.64. The van der Waals surface area contributed by atoms with Crippen LogP contribution in [-0.4, -0.2) is 16.4 Å². The molecule has 1 unspecified atom stereocenters. The van der Waals surface area contributed by atoms with Crippen molar-refractivity contribution in [2.45, 2.75) is 83.4 Å². The Labute approximate surface area is 151 Å². The standard InChI is InChI=1S/C21H31ClO2/c1-13(23)16-4-5-17-15-7-11-21(22)12-14(24)6-10-20(21,3)18(15)8-9-19(16,17)2/h15-18H,4-12H2,1-3H3/t15-,16+,17-,18-,19+,20+,21?/m0/s1. The second-order valence-electron chi connectivity index (χ2n) is 9.80. The summed E-state index contributed by atoms with van der Waals surface area (Å²) in [5.74, 6) is 3.06. The lowest BCUT2D eigenvalue weighted by molar-refractivity contribution is -0.139. The number of hydrogen-bond donors (Lipinski definition) is 0. The summed E-state index contributed by atoms with van der Waals surface area (Å²) in [6.45, 7) is 6.56. The molecule has 0 aromatic heterocycles. The molecule has 4 aliphatic carbocycles. The van der Waals surface area contributed by atoms with Gasteiger partial charge in [-0.15, -0.1) is 11.6 Å². The SMILES string of the molecule is CC(=O)[C@H]1CC[C@H]2[C@@H]3CCC4(Cl)CC(=O)CC[C@]4(C)[C@H]3CC[C@]12C. The average Bonchev–Trinajstić information content (AvgIpc) is 2.86. The predicted molar refractivity (Wildman–Crippen MR) is 96.0 cm³/mol. The minimum Gasteiger partial charge on any atom is -0.300 e. The maximum absolute atomic E-state index is 12.2. The Bertz CT molecular complexity index is 586. The fourth-order valence-corrected chi connectivity index (χ4v) is 8.15. The third-order valence-electron chi connectivity index (χ3n) is 9.04. The van der Waals surface area contributed by atoms with Gasteiger partial charge in [-0.05, 0) is 80.5 Å². The third kappa shape index (κ3) is 2.07. The molecular formula is C21H31ClO2. The van der Waals surface area contributed by atoms with Gasteiger partial charge in [0, 0.05) is 18.8 Å². The van der Waals surface area contributed by atoms with E-state index in [0.29, 0.717) is 42.2 Å². The van der Waals surface area contributed by atoms with E-state index < -0.39 is 0 Å². The lowest BCUT2D eigenvalue weighted by Crippen LogP contribution is -2.60. The second-order valence-corrected chi connectivity index (χ2v) is 10.5. The molecule has 4 rings (SSSR count). The summed E-state index contributed by atoms with van der Waals surface area (Å²) in [4.78, 5) is 23.9. The van der Waals surface area contributed by atoms with Crippen LogP contribution in [0.4, 0.5) is 0 Å². The monoisotopic (exact) mass is 350 g/mol. The Morgan fingerprint density at radius 3 is 2.50 bits per heavy atom. The molecule has 4 aliphatic rings. The van der Waals surface area contributed by atoms with E-state index in [-0.39, 0.29) is 21.6 Å². The number of carbonyl (C=O) groups excluding carboxylic acids is 2. The fraction of sp³-hybridized carbons (Fsp3) is 0.905. The largest absolute Gasteiger partial charge is 0.300 e. The van der Waals surface area contributed by atoms with Gasteiger partial charge in [-0.3, -0.25) is 9.59 Å². The van der Waals surface area contributed by atoms with E-state index >= 15 is 0 Å². The van der Waals surface area contributed by atoms with E-state index in [1.54, 1.807) is 6.92 Å². The fourth-order valence-electron chi connectivity index (χ4n) is 7.66. The van der Waals surface area contributed by atoms with Gasteiger partial charge in [-0.1, -0.05) is 13.8 Å². The summed E-state index contributed by atoms with van der Waals surface area (Å²) in [7, 11) is 0. The van der Waals surface area contributed by atoms with Gasteiger partial charge in [0.05, 0.1) is 4.87 Å². The number of alkyl halides is 1. The smallest absolute Gasteiger partial charge is 0.134 e. The van der Waals surface area contributed by atoms with Crippen LogP contribution in [0.25, 0.3) is 0 Å². The summed E-state index contributed by atoms with van der Waals surface area (Å²) in [5.41, 5.74) is 0.307. The Kier molecular flexibility index (Phi) is 3.78. The minimum atomic E-state index is -0.310. The molecule has 0 aromatic carbocycles. The van der Waals surface area contributed by atoms with Crippen molar-refractivity contribution in [2.24, 2.45) is 34.5 Å². The van der Waals surface area contributed by atoms with Gasteiger partial charge in [0.15, 0.2) is 0 Å². The van der Waals surface area contributed by atoms with Crippen molar-refractivity contribution in [2.75, 3.05) is 0 Å². The van der Waals surface area contributed by atoms with Crippen LogP contribution in [0.2, 0.25) is 0 Å². The van der Waals surface area contributed by atoms with Crippen LogP contribution in [0.3, 0.4) is 0 Å². The maximum atomic E-state index is 12.2. The van der Waals surface area contributed by atoms with Gasteiger partial charge in [0.1, 0.15) is 11.6 Å². The number of fused-ring (bicyclic) bond motifs is 5. The maximum Gasteiger partial charge on any atom is 0.134 e. The molecule has 0 bridgehead atoms. The van der Waals surface area contributed by atoms with Crippen LogP contribution in [0.15, 0.2) is 0 Å². The summed E-state index contributed by atoms with van der Waals surface area (Å²) < 4.78 is 0. The first-order valence-corrected chi connectivity index (χ1v) is 10.3. The van der Waals surface area contributed by atoms with Crippen LogP contribution >= 0.6 is 11.6 Å². The van der Waals surface area contributed by atoms with E-state index in [9.17, 15) is 9.59 Å². The Morgan fingerprint density at radius 1 is 1.04 bits per heavy atom. The number of Topliss-reactive ketones (excluding diaryl/α,β-unsaturated/α-hetero) is 2. The first-order chi connectivity index (χ1) is 11.2. The van der Waals surface area contributed by atoms with Crippen molar-refractivity contribution in [3.63, 3.8) is 0 Å². The lowest BCUT2D eigenvalue weighted by atomic mass is 9.44. The molecule has 3 heteroatoms. The first kappa shape index (κ1) is 17.1. The first-order valence-electron chi connectivity index (χ1n) is 9.92. The Balaban J connectivity index is 1.66. The van der Waals surface area contributed by atoms with E-state index in [0.717, 1.165) is 25.7 Å². The van der Waals surface area contributed by atoms with Gasteiger partial charge in [0.2, 0.25) is 0 Å². The van der Waals surface area contributed by atoms with Gasteiger partial charge >= 0.3 is 0 Å². The zero-order valence-corrected chi connectivity index (χ0v) is 16.1. The molecular weight excluding hydrogens is 320 g/mol. The summed E-state index contributed by atoms with van der Waals surface area (Å²) >= 11 is 7.11. The lowest BCUT2D eigenvalue weighted by Gasteiger charge is -2.63. The van der Waals surface area contributed by atoms with Crippen LogP contribution in [0, 0.1) is 34.5 Å². The van der Waals surface area contributed by atoms with Gasteiger partial charge in [0.25, 0.3) is 0 Å². The van der Waals surface area contributed by atoms with Crippen molar-refractivity contribution in [1.82, 2.24) is 0 Å². The van der Waals surface area contributed by atoms with Crippen molar-refractivity contribution in [3.8, 4) is 0 Å². The molecule has 0 radical (unpaired) electrons. The van der Waals surface area contributed by atoms with Gasteiger partial charge < -0.3 is 0 Å².